The second-order valence-corrected chi connectivity index (χ2v) is 6.03. The molecule has 1 aromatic rings. The molecule has 0 radical (unpaired) electrons. The second-order valence-electron chi connectivity index (χ2n) is 6.03. The van der Waals surface area contributed by atoms with Gasteiger partial charge >= 0.3 is 0 Å². The molecule has 0 amide bonds. The standard InChI is InChI=1S/C17H24O2/c1-12-4-7-17(10-13(12)2)19-16-8-5-15(6-9-16)11-14(3)18/h5-6,8-9,12-13,17H,4,7,10-11H2,1-3H3. The summed E-state index contributed by atoms with van der Waals surface area (Å²) in [6, 6.07) is 7.96. The van der Waals surface area contributed by atoms with Crippen LogP contribution in [0.5, 0.6) is 5.75 Å². The number of hydrogen-bond acceptors (Lipinski definition) is 2. The smallest absolute Gasteiger partial charge is 0.134 e. The van der Waals surface area contributed by atoms with Crippen LogP contribution in [0.1, 0.15) is 45.6 Å². The van der Waals surface area contributed by atoms with E-state index in [2.05, 4.69) is 13.8 Å². The van der Waals surface area contributed by atoms with Crippen LogP contribution in [0.2, 0.25) is 0 Å². The Labute approximate surface area is 116 Å². The molecular formula is C17H24O2. The van der Waals surface area contributed by atoms with Gasteiger partial charge in [0.1, 0.15) is 11.5 Å². The van der Waals surface area contributed by atoms with Crippen molar-refractivity contribution in [2.45, 2.75) is 52.6 Å². The number of ether oxygens (including phenoxy) is 1. The third-order valence-electron chi connectivity index (χ3n) is 4.23. The van der Waals surface area contributed by atoms with E-state index in [9.17, 15) is 4.79 Å². The van der Waals surface area contributed by atoms with E-state index >= 15 is 0 Å². The predicted molar refractivity (Wildman–Crippen MR) is 77.4 cm³/mol. The van der Waals surface area contributed by atoms with Crippen molar-refractivity contribution in [3.63, 3.8) is 0 Å². The number of benzene rings is 1. The molecule has 1 aliphatic rings. The minimum Gasteiger partial charge on any atom is -0.490 e. The van der Waals surface area contributed by atoms with Gasteiger partial charge in [-0.2, -0.15) is 0 Å². The summed E-state index contributed by atoms with van der Waals surface area (Å²) in [7, 11) is 0. The van der Waals surface area contributed by atoms with E-state index in [0.29, 0.717) is 12.5 Å². The first-order chi connectivity index (χ1) is 9.04. The Morgan fingerprint density at radius 3 is 2.42 bits per heavy atom. The van der Waals surface area contributed by atoms with Crippen LogP contribution in [0, 0.1) is 11.8 Å². The van der Waals surface area contributed by atoms with Crippen molar-refractivity contribution in [3.05, 3.63) is 29.8 Å². The summed E-state index contributed by atoms with van der Waals surface area (Å²) in [6.07, 6.45) is 4.42. The molecule has 0 N–H and O–H groups in total. The van der Waals surface area contributed by atoms with Crippen LogP contribution in [0.4, 0.5) is 0 Å². The van der Waals surface area contributed by atoms with Gasteiger partial charge in [0.15, 0.2) is 0 Å². The summed E-state index contributed by atoms with van der Waals surface area (Å²) in [5.41, 5.74) is 1.06. The van der Waals surface area contributed by atoms with E-state index in [-0.39, 0.29) is 5.78 Å². The first-order valence-electron chi connectivity index (χ1n) is 7.29. The Bertz CT molecular complexity index is 421. The van der Waals surface area contributed by atoms with Gasteiger partial charge in [-0.25, -0.2) is 0 Å². The van der Waals surface area contributed by atoms with Crippen molar-refractivity contribution < 1.29 is 9.53 Å². The highest BCUT2D eigenvalue weighted by atomic mass is 16.5. The molecule has 1 saturated carbocycles. The molecule has 2 rings (SSSR count). The topological polar surface area (TPSA) is 26.3 Å². The maximum absolute atomic E-state index is 11.1. The summed E-state index contributed by atoms with van der Waals surface area (Å²) in [4.78, 5) is 11.1. The van der Waals surface area contributed by atoms with Gasteiger partial charge < -0.3 is 4.74 Å². The Kier molecular flexibility index (Phi) is 4.62. The lowest BCUT2D eigenvalue weighted by atomic mass is 9.80. The van der Waals surface area contributed by atoms with Crippen molar-refractivity contribution in [2.24, 2.45) is 11.8 Å². The lowest BCUT2D eigenvalue weighted by Crippen LogP contribution is -2.28. The lowest BCUT2D eigenvalue weighted by Gasteiger charge is -2.32. The van der Waals surface area contributed by atoms with Gasteiger partial charge in [0.05, 0.1) is 6.10 Å². The Morgan fingerprint density at radius 1 is 1.16 bits per heavy atom. The zero-order valence-corrected chi connectivity index (χ0v) is 12.2. The number of rotatable bonds is 4. The van der Waals surface area contributed by atoms with Gasteiger partial charge in [-0.1, -0.05) is 26.0 Å². The molecule has 0 heterocycles. The van der Waals surface area contributed by atoms with Crippen LogP contribution in [0.25, 0.3) is 0 Å². The number of carbonyl (C=O) groups excluding carboxylic acids is 1. The van der Waals surface area contributed by atoms with Crippen LogP contribution in [-0.4, -0.2) is 11.9 Å². The van der Waals surface area contributed by atoms with Crippen LogP contribution in [0.3, 0.4) is 0 Å². The van der Waals surface area contributed by atoms with E-state index in [0.717, 1.165) is 36.0 Å². The van der Waals surface area contributed by atoms with Crippen LogP contribution >= 0.6 is 0 Å². The molecule has 19 heavy (non-hydrogen) atoms. The van der Waals surface area contributed by atoms with Crippen molar-refractivity contribution in [3.8, 4) is 5.75 Å². The minimum absolute atomic E-state index is 0.198. The zero-order valence-electron chi connectivity index (χ0n) is 12.2. The fourth-order valence-electron chi connectivity index (χ4n) is 2.77. The first-order valence-corrected chi connectivity index (χ1v) is 7.29. The molecule has 1 fully saturated rings. The Balaban J connectivity index is 1.91. The number of ketones is 1. The average Bonchev–Trinajstić information content (AvgIpc) is 2.36. The summed E-state index contributed by atoms with van der Waals surface area (Å²) >= 11 is 0. The largest absolute Gasteiger partial charge is 0.490 e. The first kappa shape index (κ1) is 14.1. The van der Waals surface area contributed by atoms with Gasteiger partial charge in [0, 0.05) is 6.42 Å². The molecule has 104 valence electrons. The van der Waals surface area contributed by atoms with Crippen molar-refractivity contribution in [1.29, 1.82) is 0 Å². The molecule has 0 spiro atoms. The Morgan fingerprint density at radius 2 is 1.84 bits per heavy atom. The maximum atomic E-state index is 11.1. The van der Waals surface area contributed by atoms with E-state index in [4.69, 9.17) is 4.74 Å². The highest BCUT2D eigenvalue weighted by Crippen LogP contribution is 2.31. The quantitative estimate of drug-likeness (QED) is 0.817. The number of carbonyl (C=O) groups is 1. The summed E-state index contributed by atoms with van der Waals surface area (Å²) in [5.74, 6) is 2.69. The monoisotopic (exact) mass is 260 g/mol. The van der Waals surface area contributed by atoms with E-state index < -0.39 is 0 Å². The zero-order chi connectivity index (χ0) is 13.8. The Hall–Kier alpha value is -1.31. The third-order valence-corrected chi connectivity index (χ3v) is 4.23. The van der Waals surface area contributed by atoms with Gasteiger partial charge in [-0.05, 0) is 55.7 Å². The van der Waals surface area contributed by atoms with E-state index in [1.165, 1.54) is 6.42 Å². The molecule has 1 aliphatic carbocycles. The lowest BCUT2D eigenvalue weighted by molar-refractivity contribution is -0.116. The molecule has 0 bridgehead atoms. The van der Waals surface area contributed by atoms with Crippen molar-refractivity contribution in [2.75, 3.05) is 0 Å². The number of hydrogen-bond donors (Lipinski definition) is 0. The average molecular weight is 260 g/mol. The van der Waals surface area contributed by atoms with Gasteiger partial charge in [0.25, 0.3) is 0 Å². The van der Waals surface area contributed by atoms with Crippen molar-refractivity contribution in [1.82, 2.24) is 0 Å². The molecule has 1 aromatic carbocycles. The van der Waals surface area contributed by atoms with Crippen molar-refractivity contribution >= 4 is 5.78 Å². The van der Waals surface area contributed by atoms with Gasteiger partial charge in [0.2, 0.25) is 0 Å². The molecule has 2 heteroatoms. The van der Waals surface area contributed by atoms with Crippen LogP contribution < -0.4 is 4.74 Å². The SMILES string of the molecule is CC(=O)Cc1ccc(OC2CCC(C)C(C)C2)cc1. The number of Topliss-reactive ketones (excluding diaryl/α,β-unsaturated/α-hetero) is 1. The van der Waals surface area contributed by atoms with E-state index in [1.807, 2.05) is 24.3 Å². The van der Waals surface area contributed by atoms with Crippen LogP contribution in [0.15, 0.2) is 24.3 Å². The van der Waals surface area contributed by atoms with Gasteiger partial charge in [-0.15, -0.1) is 0 Å². The van der Waals surface area contributed by atoms with E-state index in [1.54, 1.807) is 6.92 Å². The summed E-state index contributed by atoms with van der Waals surface area (Å²) < 4.78 is 6.05. The molecule has 3 unspecified atom stereocenters. The summed E-state index contributed by atoms with van der Waals surface area (Å²) in [6.45, 7) is 6.27. The minimum atomic E-state index is 0.198. The normalized spacial score (nSPS) is 27.0. The predicted octanol–water partition coefficient (Wildman–Crippen LogP) is 4.02. The molecule has 0 aromatic heterocycles. The van der Waals surface area contributed by atoms with Gasteiger partial charge in [-0.3, -0.25) is 4.79 Å². The molecular weight excluding hydrogens is 236 g/mol. The molecule has 0 aliphatic heterocycles. The molecule has 0 saturated heterocycles. The second kappa shape index (κ2) is 6.23. The third kappa shape index (κ3) is 4.09. The molecule has 2 nitrogen and oxygen atoms in total. The maximum Gasteiger partial charge on any atom is 0.134 e. The fourth-order valence-corrected chi connectivity index (χ4v) is 2.77. The van der Waals surface area contributed by atoms with Crippen LogP contribution in [-0.2, 0) is 11.2 Å². The fraction of sp³-hybridized carbons (Fsp3) is 0.588. The highest BCUT2D eigenvalue weighted by Gasteiger charge is 2.25. The summed E-state index contributed by atoms with van der Waals surface area (Å²) in [5, 5.41) is 0. The molecule has 3 atom stereocenters. The highest BCUT2D eigenvalue weighted by molar-refractivity contribution is 5.78.